The minimum absolute atomic E-state index is 0.418. The molecule has 0 aliphatic carbocycles. The minimum Gasteiger partial charge on any atom is -0.466 e. The maximum atomic E-state index is 11.0. The molecule has 0 amide bonds. The number of benzene rings is 1. The van der Waals surface area contributed by atoms with Crippen LogP contribution in [0.1, 0.15) is 5.56 Å². The summed E-state index contributed by atoms with van der Waals surface area (Å²) in [6.07, 6.45) is 1.92. The van der Waals surface area contributed by atoms with E-state index in [1.54, 1.807) is 0 Å². The normalized spacial score (nSPS) is 10.9. The molecule has 3 N–H and O–H groups in total. The molecule has 0 unspecified atom stereocenters. The molecule has 1 rings (SSSR count). The molecular formula is C11H14N2O2. The molecule has 0 radical (unpaired) electrons. The molecule has 4 heteroatoms. The Balaban J connectivity index is 2.70. The third-order valence-corrected chi connectivity index (χ3v) is 1.92. The number of hydrogen-bond acceptors (Lipinski definition) is 4. The van der Waals surface area contributed by atoms with Crippen LogP contribution in [-0.2, 0) is 16.0 Å². The standard InChI is InChI=1S/C11H14N2O2/c1-15-11(14)8-10(13-12)7-9-5-3-2-4-6-9/h2-6,8,13H,7,12H2,1H3/b10-8-. The van der Waals surface area contributed by atoms with Crippen molar-refractivity contribution in [3.8, 4) is 0 Å². The summed E-state index contributed by atoms with van der Waals surface area (Å²) in [5.41, 5.74) is 4.17. The van der Waals surface area contributed by atoms with Crippen molar-refractivity contribution in [1.29, 1.82) is 0 Å². The van der Waals surface area contributed by atoms with Gasteiger partial charge in [-0.3, -0.25) is 5.84 Å². The molecule has 0 aliphatic rings. The number of allylic oxidation sites excluding steroid dienone is 1. The molecule has 0 heterocycles. The average molecular weight is 206 g/mol. The van der Waals surface area contributed by atoms with Gasteiger partial charge in [0.2, 0.25) is 0 Å². The van der Waals surface area contributed by atoms with E-state index >= 15 is 0 Å². The van der Waals surface area contributed by atoms with Crippen molar-refractivity contribution in [2.45, 2.75) is 6.42 Å². The van der Waals surface area contributed by atoms with E-state index < -0.39 is 5.97 Å². The quantitative estimate of drug-likeness (QED) is 0.330. The summed E-state index contributed by atoms with van der Waals surface area (Å²) in [7, 11) is 1.33. The molecule has 0 aromatic heterocycles. The molecule has 1 aromatic rings. The molecule has 0 aliphatic heterocycles. The topological polar surface area (TPSA) is 64.3 Å². The molecular weight excluding hydrogens is 192 g/mol. The molecule has 0 spiro atoms. The van der Waals surface area contributed by atoms with Crippen LogP contribution in [0.25, 0.3) is 0 Å². The number of esters is 1. The molecule has 15 heavy (non-hydrogen) atoms. The van der Waals surface area contributed by atoms with Gasteiger partial charge in [0.05, 0.1) is 7.11 Å². The number of ether oxygens (including phenoxy) is 1. The second-order valence-electron chi connectivity index (χ2n) is 3.00. The van der Waals surface area contributed by atoms with Crippen LogP contribution < -0.4 is 11.3 Å². The highest BCUT2D eigenvalue weighted by Gasteiger charge is 2.01. The van der Waals surface area contributed by atoms with Gasteiger partial charge in [0, 0.05) is 18.2 Å². The van der Waals surface area contributed by atoms with E-state index in [0.29, 0.717) is 12.1 Å². The van der Waals surface area contributed by atoms with E-state index in [0.717, 1.165) is 5.56 Å². The Kier molecular flexibility index (Phi) is 4.37. The van der Waals surface area contributed by atoms with Crippen LogP contribution >= 0.6 is 0 Å². The number of carbonyl (C=O) groups is 1. The zero-order valence-corrected chi connectivity index (χ0v) is 8.57. The maximum Gasteiger partial charge on any atom is 0.332 e. The predicted octanol–water partition coefficient (Wildman–Crippen LogP) is 0.749. The van der Waals surface area contributed by atoms with E-state index in [2.05, 4.69) is 10.2 Å². The number of hydrogen-bond donors (Lipinski definition) is 2. The van der Waals surface area contributed by atoms with Crippen molar-refractivity contribution in [2.24, 2.45) is 5.84 Å². The molecule has 1 aromatic carbocycles. The van der Waals surface area contributed by atoms with Gasteiger partial charge in [-0.05, 0) is 5.56 Å². The van der Waals surface area contributed by atoms with E-state index in [4.69, 9.17) is 5.84 Å². The zero-order valence-electron chi connectivity index (χ0n) is 8.57. The number of nitrogens with one attached hydrogen (secondary N) is 1. The molecule has 0 saturated carbocycles. The lowest BCUT2D eigenvalue weighted by atomic mass is 10.1. The van der Waals surface area contributed by atoms with E-state index in [-0.39, 0.29) is 0 Å². The van der Waals surface area contributed by atoms with Gasteiger partial charge >= 0.3 is 5.97 Å². The van der Waals surface area contributed by atoms with E-state index in [1.165, 1.54) is 13.2 Å². The van der Waals surface area contributed by atoms with Crippen molar-refractivity contribution in [2.75, 3.05) is 7.11 Å². The number of methoxy groups -OCH3 is 1. The molecule has 0 fully saturated rings. The first-order chi connectivity index (χ1) is 7.26. The lowest BCUT2D eigenvalue weighted by Crippen LogP contribution is -2.23. The SMILES string of the molecule is COC(=O)/C=C(/Cc1ccccc1)NN. The highest BCUT2D eigenvalue weighted by atomic mass is 16.5. The van der Waals surface area contributed by atoms with Crippen LogP contribution in [-0.4, -0.2) is 13.1 Å². The summed E-state index contributed by atoms with van der Waals surface area (Å²) < 4.78 is 4.51. The van der Waals surface area contributed by atoms with Crippen LogP contribution in [0.2, 0.25) is 0 Å². The van der Waals surface area contributed by atoms with E-state index in [9.17, 15) is 4.79 Å². The Morgan fingerprint density at radius 1 is 1.47 bits per heavy atom. The van der Waals surface area contributed by atoms with Gasteiger partial charge in [0.1, 0.15) is 0 Å². The van der Waals surface area contributed by atoms with Crippen molar-refractivity contribution < 1.29 is 9.53 Å². The Morgan fingerprint density at radius 3 is 2.67 bits per heavy atom. The number of rotatable bonds is 4. The van der Waals surface area contributed by atoms with Crippen molar-refractivity contribution in [3.05, 3.63) is 47.7 Å². The van der Waals surface area contributed by atoms with Gasteiger partial charge in [-0.2, -0.15) is 0 Å². The van der Waals surface area contributed by atoms with Crippen LogP contribution in [0.3, 0.4) is 0 Å². The third-order valence-electron chi connectivity index (χ3n) is 1.92. The van der Waals surface area contributed by atoms with Gasteiger partial charge in [-0.25, -0.2) is 4.79 Å². The largest absolute Gasteiger partial charge is 0.466 e. The van der Waals surface area contributed by atoms with Gasteiger partial charge in [0.25, 0.3) is 0 Å². The summed E-state index contributed by atoms with van der Waals surface area (Å²) in [5.74, 6) is 4.88. The Hall–Kier alpha value is -1.81. The zero-order chi connectivity index (χ0) is 11.1. The molecule has 0 atom stereocenters. The highest BCUT2D eigenvalue weighted by Crippen LogP contribution is 2.04. The van der Waals surface area contributed by atoms with Gasteiger partial charge < -0.3 is 10.2 Å². The molecule has 4 nitrogen and oxygen atoms in total. The lowest BCUT2D eigenvalue weighted by molar-refractivity contribution is -0.134. The summed E-state index contributed by atoms with van der Waals surface area (Å²) in [5, 5.41) is 0. The Morgan fingerprint density at radius 2 is 2.13 bits per heavy atom. The predicted molar refractivity (Wildman–Crippen MR) is 57.6 cm³/mol. The third kappa shape index (κ3) is 3.83. The first-order valence-corrected chi connectivity index (χ1v) is 4.55. The average Bonchev–Trinajstić information content (AvgIpc) is 2.29. The lowest BCUT2D eigenvalue weighted by Gasteiger charge is -2.05. The fraction of sp³-hybridized carbons (Fsp3) is 0.182. The number of hydrazine groups is 1. The number of nitrogens with two attached hydrogens (primary N) is 1. The summed E-state index contributed by atoms with van der Waals surface area (Å²) >= 11 is 0. The van der Waals surface area contributed by atoms with Crippen molar-refractivity contribution in [1.82, 2.24) is 5.43 Å². The monoisotopic (exact) mass is 206 g/mol. The second-order valence-corrected chi connectivity index (χ2v) is 3.00. The van der Waals surface area contributed by atoms with Crippen LogP contribution in [0.15, 0.2) is 42.1 Å². The fourth-order valence-electron chi connectivity index (χ4n) is 1.16. The van der Waals surface area contributed by atoms with Crippen LogP contribution in [0.5, 0.6) is 0 Å². The van der Waals surface area contributed by atoms with Gasteiger partial charge in [-0.15, -0.1) is 0 Å². The Labute approximate surface area is 88.7 Å². The highest BCUT2D eigenvalue weighted by molar-refractivity contribution is 5.82. The van der Waals surface area contributed by atoms with Crippen molar-refractivity contribution >= 4 is 5.97 Å². The van der Waals surface area contributed by atoms with Crippen molar-refractivity contribution in [3.63, 3.8) is 0 Å². The first kappa shape index (κ1) is 11.3. The second kappa shape index (κ2) is 5.82. The van der Waals surface area contributed by atoms with Crippen LogP contribution in [0, 0.1) is 0 Å². The van der Waals surface area contributed by atoms with Gasteiger partial charge in [-0.1, -0.05) is 30.3 Å². The van der Waals surface area contributed by atoms with Crippen LogP contribution in [0.4, 0.5) is 0 Å². The summed E-state index contributed by atoms with van der Waals surface area (Å²) in [4.78, 5) is 11.0. The smallest absolute Gasteiger partial charge is 0.332 e. The minimum atomic E-state index is -0.418. The van der Waals surface area contributed by atoms with E-state index in [1.807, 2.05) is 30.3 Å². The molecule has 80 valence electrons. The van der Waals surface area contributed by atoms with Gasteiger partial charge in [0.15, 0.2) is 0 Å². The summed E-state index contributed by atoms with van der Waals surface area (Å²) in [6, 6.07) is 9.72. The molecule has 0 bridgehead atoms. The number of carbonyl (C=O) groups excluding carboxylic acids is 1. The fourth-order valence-corrected chi connectivity index (χ4v) is 1.16. The summed E-state index contributed by atoms with van der Waals surface area (Å²) in [6.45, 7) is 0. The maximum absolute atomic E-state index is 11.0. The first-order valence-electron chi connectivity index (χ1n) is 4.55. The Bertz CT molecular complexity index is 347. The molecule has 0 saturated heterocycles.